The summed E-state index contributed by atoms with van der Waals surface area (Å²) in [5.41, 5.74) is 6.92. The first-order chi connectivity index (χ1) is 9.63. The van der Waals surface area contributed by atoms with Gasteiger partial charge < -0.3 is 16.2 Å². The van der Waals surface area contributed by atoms with Crippen molar-refractivity contribution in [1.29, 1.82) is 0 Å². The number of nitrogens with zero attached hydrogens (tertiary/aromatic N) is 2. The van der Waals surface area contributed by atoms with Crippen molar-refractivity contribution >= 4 is 5.91 Å². The molecule has 1 aromatic heterocycles. The third-order valence-corrected chi connectivity index (χ3v) is 3.97. The Hall–Kier alpha value is -1.40. The van der Waals surface area contributed by atoms with Crippen molar-refractivity contribution in [1.82, 2.24) is 15.1 Å². The van der Waals surface area contributed by atoms with Gasteiger partial charge in [-0.3, -0.25) is 9.48 Å². The summed E-state index contributed by atoms with van der Waals surface area (Å²) >= 11 is 0. The monoisotopic (exact) mass is 280 g/mol. The molecule has 1 saturated carbocycles. The number of aromatic nitrogens is 2. The van der Waals surface area contributed by atoms with Crippen molar-refractivity contribution in [2.75, 3.05) is 6.54 Å². The summed E-state index contributed by atoms with van der Waals surface area (Å²) in [5, 5.41) is 17.1. The second-order valence-corrected chi connectivity index (χ2v) is 5.44. The molecule has 1 fully saturated rings. The lowest BCUT2D eigenvalue weighted by Gasteiger charge is -2.28. The molecule has 0 radical (unpaired) electrons. The van der Waals surface area contributed by atoms with Gasteiger partial charge in [0.15, 0.2) is 0 Å². The van der Waals surface area contributed by atoms with Crippen molar-refractivity contribution in [2.24, 2.45) is 5.73 Å². The van der Waals surface area contributed by atoms with Crippen LogP contribution in [0.3, 0.4) is 0 Å². The molecular weight excluding hydrogens is 256 g/mol. The van der Waals surface area contributed by atoms with Gasteiger partial charge in [-0.05, 0) is 32.7 Å². The van der Waals surface area contributed by atoms with Crippen LogP contribution < -0.4 is 11.1 Å². The number of carbonyl (C=O) groups is 1. The maximum atomic E-state index is 12.3. The van der Waals surface area contributed by atoms with Crippen molar-refractivity contribution in [3.63, 3.8) is 0 Å². The fourth-order valence-corrected chi connectivity index (χ4v) is 2.66. The van der Waals surface area contributed by atoms with Crippen LogP contribution in [-0.2, 0) is 6.54 Å². The van der Waals surface area contributed by atoms with E-state index in [0.717, 1.165) is 44.3 Å². The third-order valence-electron chi connectivity index (χ3n) is 3.97. The van der Waals surface area contributed by atoms with Gasteiger partial charge in [0, 0.05) is 12.2 Å². The minimum atomic E-state index is -0.430. The van der Waals surface area contributed by atoms with Crippen LogP contribution in [0.4, 0.5) is 0 Å². The number of hydrogen-bond donors (Lipinski definition) is 3. The standard InChI is InChI=1S/C14H24N4O2/c1-10-11(9-16-18(10)8-4-7-15)14(20)17-12-5-2-3-6-13(12)19/h9,12-13,19H,2-8,15H2,1H3,(H,17,20)/t12-,13-/m0/s1. The van der Waals surface area contributed by atoms with Gasteiger partial charge in [-0.15, -0.1) is 0 Å². The number of carbonyl (C=O) groups excluding carboxylic acids is 1. The summed E-state index contributed by atoms with van der Waals surface area (Å²) < 4.78 is 1.80. The van der Waals surface area contributed by atoms with Crippen LogP contribution in [-0.4, -0.2) is 39.5 Å². The van der Waals surface area contributed by atoms with Gasteiger partial charge >= 0.3 is 0 Å². The molecule has 6 heteroatoms. The molecule has 1 aliphatic carbocycles. The van der Waals surface area contributed by atoms with E-state index in [9.17, 15) is 9.90 Å². The molecule has 20 heavy (non-hydrogen) atoms. The van der Waals surface area contributed by atoms with Gasteiger partial charge in [0.1, 0.15) is 0 Å². The second kappa shape index (κ2) is 6.85. The summed E-state index contributed by atoms with van der Waals surface area (Å²) in [5.74, 6) is -0.146. The Morgan fingerprint density at radius 3 is 3.00 bits per heavy atom. The van der Waals surface area contributed by atoms with E-state index in [4.69, 9.17) is 5.73 Å². The average molecular weight is 280 g/mol. The van der Waals surface area contributed by atoms with Gasteiger partial charge in [-0.2, -0.15) is 5.10 Å². The molecule has 0 spiro atoms. The number of nitrogens with two attached hydrogens (primary N) is 1. The summed E-state index contributed by atoms with van der Waals surface area (Å²) in [6, 6.07) is -0.136. The zero-order chi connectivity index (χ0) is 14.5. The van der Waals surface area contributed by atoms with Crippen LogP contribution in [0.1, 0.15) is 48.2 Å². The second-order valence-electron chi connectivity index (χ2n) is 5.44. The van der Waals surface area contributed by atoms with Crippen LogP contribution in [0.15, 0.2) is 6.20 Å². The van der Waals surface area contributed by atoms with Crippen molar-refractivity contribution in [3.8, 4) is 0 Å². The van der Waals surface area contributed by atoms with E-state index in [0.29, 0.717) is 12.1 Å². The fraction of sp³-hybridized carbons (Fsp3) is 0.714. The molecular formula is C14H24N4O2. The lowest BCUT2D eigenvalue weighted by atomic mass is 9.92. The molecule has 0 bridgehead atoms. The maximum absolute atomic E-state index is 12.3. The molecule has 1 aromatic rings. The molecule has 2 atom stereocenters. The first-order valence-corrected chi connectivity index (χ1v) is 7.35. The molecule has 1 amide bonds. The molecule has 1 heterocycles. The van der Waals surface area contributed by atoms with E-state index in [1.54, 1.807) is 10.9 Å². The Morgan fingerprint density at radius 2 is 2.30 bits per heavy atom. The predicted octanol–water partition coefficient (Wildman–Crippen LogP) is 0.574. The summed E-state index contributed by atoms with van der Waals surface area (Å²) in [4.78, 5) is 12.3. The molecule has 1 aliphatic rings. The topological polar surface area (TPSA) is 93.2 Å². The van der Waals surface area contributed by atoms with Crippen LogP contribution in [0.5, 0.6) is 0 Å². The first-order valence-electron chi connectivity index (χ1n) is 7.35. The molecule has 6 nitrogen and oxygen atoms in total. The third kappa shape index (κ3) is 3.37. The van der Waals surface area contributed by atoms with E-state index in [1.807, 2.05) is 6.92 Å². The molecule has 0 aromatic carbocycles. The highest BCUT2D eigenvalue weighted by Gasteiger charge is 2.26. The van der Waals surface area contributed by atoms with E-state index < -0.39 is 6.10 Å². The minimum absolute atomic E-state index is 0.136. The highest BCUT2D eigenvalue weighted by Crippen LogP contribution is 2.19. The highest BCUT2D eigenvalue weighted by molar-refractivity contribution is 5.95. The number of rotatable bonds is 5. The fourth-order valence-electron chi connectivity index (χ4n) is 2.66. The number of aliphatic hydroxyl groups excluding tert-OH is 1. The minimum Gasteiger partial charge on any atom is -0.391 e. The largest absolute Gasteiger partial charge is 0.391 e. The Bertz CT molecular complexity index is 458. The lowest BCUT2D eigenvalue weighted by molar-refractivity contribution is 0.0716. The summed E-state index contributed by atoms with van der Waals surface area (Å²) in [6.45, 7) is 3.21. The number of aliphatic hydroxyl groups is 1. The first kappa shape index (κ1) is 15.0. The van der Waals surface area contributed by atoms with Crippen LogP contribution in [0, 0.1) is 6.92 Å². The molecule has 2 rings (SSSR count). The normalized spacial score (nSPS) is 22.8. The Balaban J connectivity index is 2.00. The molecule has 4 N–H and O–H groups in total. The van der Waals surface area contributed by atoms with Crippen molar-refractivity contribution in [3.05, 3.63) is 17.5 Å². The summed E-state index contributed by atoms with van der Waals surface area (Å²) in [6.07, 6.45) is 5.69. The molecule has 0 saturated heterocycles. The number of aryl methyl sites for hydroxylation is 1. The van der Waals surface area contributed by atoms with Crippen molar-refractivity contribution < 1.29 is 9.90 Å². The number of hydrogen-bond acceptors (Lipinski definition) is 4. The predicted molar refractivity (Wildman–Crippen MR) is 76.4 cm³/mol. The summed E-state index contributed by atoms with van der Waals surface area (Å²) in [7, 11) is 0. The number of nitrogens with one attached hydrogen (secondary N) is 1. The quantitative estimate of drug-likeness (QED) is 0.735. The Labute approximate surface area is 119 Å². The van der Waals surface area contributed by atoms with Crippen molar-refractivity contribution in [2.45, 2.75) is 57.7 Å². The Kier molecular flexibility index (Phi) is 5.14. The van der Waals surface area contributed by atoms with E-state index in [2.05, 4.69) is 10.4 Å². The zero-order valence-electron chi connectivity index (χ0n) is 12.0. The van der Waals surface area contributed by atoms with Gasteiger partial charge in [0.25, 0.3) is 5.91 Å². The lowest BCUT2D eigenvalue weighted by Crippen LogP contribution is -2.45. The maximum Gasteiger partial charge on any atom is 0.255 e. The van der Waals surface area contributed by atoms with Crippen LogP contribution in [0.2, 0.25) is 0 Å². The zero-order valence-corrected chi connectivity index (χ0v) is 12.0. The van der Waals surface area contributed by atoms with Gasteiger partial charge in [0.2, 0.25) is 0 Å². The van der Waals surface area contributed by atoms with Gasteiger partial charge in [-0.25, -0.2) is 0 Å². The average Bonchev–Trinajstić information content (AvgIpc) is 2.80. The Morgan fingerprint density at radius 1 is 1.55 bits per heavy atom. The van der Waals surface area contributed by atoms with Gasteiger partial charge in [0.05, 0.1) is 23.9 Å². The highest BCUT2D eigenvalue weighted by atomic mass is 16.3. The SMILES string of the molecule is Cc1c(C(=O)N[C@H]2CCCC[C@@H]2O)cnn1CCCN. The van der Waals surface area contributed by atoms with E-state index in [1.165, 1.54) is 0 Å². The molecule has 112 valence electrons. The smallest absolute Gasteiger partial charge is 0.255 e. The van der Waals surface area contributed by atoms with E-state index >= 15 is 0 Å². The van der Waals surface area contributed by atoms with Gasteiger partial charge in [-0.1, -0.05) is 12.8 Å². The number of amides is 1. The molecule has 0 unspecified atom stereocenters. The van der Waals surface area contributed by atoms with Crippen LogP contribution >= 0.6 is 0 Å². The van der Waals surface area contributed by atoms with E-state index in [-0.39, 0.29) is 11.9 Å². The molecule has 0 aliphatic heterocycles. The van der Waals surface area contributed by atoms with Crippen LogP contribution in [0.25, 0.3) is 0 Å².